The molecule has 0 radical (unpaired) electrons. The van der Waals surface area contributed by atoms with Crippen molar-refractivity contribution in [1.82, 2.24) is 4.37 Å². The van der Waals surface area contributed by atoms with Crippen molar-refractivity contribution in [1.29, 1.82) is 0 Å². The molecule has 9 heteroatoms. The van der Waals surface area contributed by atoms with Gasteiger partial charge in [-0.1, -0.05) is 11.6 Å². The number of hydrogen-bond acceptors (Lipinski definition) is 6. The van der Waals surface area contributed by atoms with E-state index in [1.807, 2.05) is 0 Å². The van der Waals surface area contributed by atoms with Crippen LogP contribution in [-0.4, -0.2) is 14.2 Å². The second kappa shape index (κ2) is 3.90. The summed E-state index contributed by atoms with van der Waals surface area (Å²) in [6.45, 7) is 1.32. The molecule has 7 nitrogen and oxygen atoms in total. The molecule has 0 unspecified atom stereocenters. The van der Waals surface area contributed by atoms with E-state index in [-0.39, 0.29) is 32.2 Å². The maximum absolute atomic E-state index is 10.9. The SMILES string of the molecule is Cc1c([N+](=O)[O-])cc2c(Cl)snc2c1[N+](=O)[O-]. The molecular formula is C8H4ClN3O4S. The molecule has 17 heavy (non-hydrogen) atoms. The molecule has 88 valence electrons. The largest absolute Gasteiger partial charge is 0.306 e. The molecule has 2 aromatic rings. The van der Waals surface area contributed by atoms with E-state index >= 15 is 0 Å². The van der Waals surface area contributed by atoms with E-state index in [9.17, 15) is 20.2 Å². The molecule has 0 aliphatic carbocycles. The summed E-state index contributed by atoms with van der Waals surface area (Å²) in [6.07, 6.45) is 0. The second-order valence-corrected chi connectivity index (χ2v) is 4.61. The quantitative estimate of drug-likeness (QED) is 0.618. The molecule has 0 atom stereocenters. The maximum Gasteiger partial charge on any atom is 0.306 e. The van der Waals surface area contributed by atoms with Gasteiger partial charge in [-0.05, 0) is 18.5 Å². The summed E-state index contributed by atoms with van der Waals surface area (Å²) in [7, 11) is 0. The summed E-state index contributed by atoms with van der Waals surface area (Å²) in [6, 6.07) is 1.21. The van der Waals surface area contributed by atoms with Crippen LogP contribution >= 0.6 is 23.1 Å². The summed E-state index contributed by atoms with van der Waals surface area (Å²) < 4.78 is 4.05. The van der Waals surface area contributed by atoms with Crippen LogP contribution in [0.5, 0.6) is 0 Å². The normalized spacial score (nSPS) is 10.7. The smallest absolute Gasteiger partial charge is 0.258 e. The number of fused-ring (bicyclic) bond motifs is 1. The van der Waals surface area contributed by atoms with Gasteiger partial charge >= 0.3 is 5.69 Å². The lowest BCUT2D eigenvalue weighted by Crippen LogP contribution is -1.98. The van der Waals surface area contributed by atoms with Crippen LogP contribution in [0.3, 0.4) is 0 Å². The third-order valence-corrected chi connectivity index (χ3v) is 3.37. The van der Waals surface area contributed by atoms with Gasteiger partial charge in [-0.25, -0.2) is 0 Å². The lowest BCUT2D eigenvalue weighted by molar-refractivity contribution is -0.394. The second-order valence-electron chi connectivity index (χ2n) is 3.24. The van der Waals surface area contributed by atoms with Crippen molar-refractivity contribution in [3.05, 3.63) is 36.2 Å². The Labute approximate surface area is 103 Å². The minimum Gasteiger partial charge on any atom is -0.258 e. The molecule has 0 spiro atoms. The third-order valence-electron chi connectivity index (χ3n) is 2.31. The fourth-order valence-electron chi connectivity index (χ4n) is 1.53. The number of rotatable bonds is 2. The lowest BCUT2D eigenvalue weighted by atomic mass is 10.1. The number of nitrogens with zero attached hydrogens (tertiary/aromatic N) is 3. The minimum absolute atomic E-state index is 0.0190. The first-order chi connectivity index (χ1) is 7.93. The third kappa shape index (κ3) is 1.71. The van der Waals surface area contributed by atoms with Crippen LogP contribution in [0.15, 0.2) is 6.07 Å². The van der Waals surface area contributed by atoms with E-state index < -0.39 is 9.85 Å². The Kier molecular flexibility index (Phi) is 2.68. The molecule has 0 aliphatic rings. The number of nitro benzene ring substituents is 2. The number of nitro groups is 2. The zero-order valence-electron chi connectivity index (χ0n) is 8.34. The Morgan fingerprint density at radius 3 is 2.53 bits per heavy atom. The van der Waals surface area contributed by atoms with E-state index in [1.54, 1.807) is 0 Å². The number of hydrogen-bond donors (Lipinski definition) is 0. The average molecular weight is 274 g/mol. The zero-order chi connectivity index (χ0) is 12.7. The fourth-order valence-corrected chi connectivity index (χ4v) is 2.39. The Balaban J connectivity index is 2.97. The van der Waals surface area contributed by atoms with Gasteiger partial charge in [0.05, 0.1) is 9.85 Å². The molecule has 0 aliphatic heterocycles. The highest BCUT2D eigenvalue weighted by Gasteiger charge is 2.28. The van der Waals surface area contributed by atoms with Crippen molar-refractivity contribution in [3.63, 3.8) is 0 Å². The molecule has 0 saturated heterocycles. The first kappa shape index (κ1) is 11.7. The van der Waals surface area contributed by atoms with E-state index in [1.165, 1.54) is 13.0 Å². The molecule has 1 aromatic heterocycles. The van der Waals surface area contributed by atoms with E-state index in [0.29, 0.717) is 0 Å². The van der Waals surface area contributed by atoms with E-state index in [4.69, 9.17) is 11.6 Å². The Morgan fingerprint density at radius 2 is 2.00 bits per heavy atom. The first-order valence-electron chi connectivity index (χ1n) is 4.30. The number of benzene rings is 1. The summed E-state index contributed by atoms with van der Waals surface area (Å²) in [5.74, 6) is 0. The lowest BCUT2D eigenvalue weighted by Gasteiger charge is -1.99. The molecule has 0 fully saturated rings. The summed E-state index contributed by atoms with van der Waals surface area (Å²) >= 11 is 6.66. The van der Waals surface area contributed by atoms with Gasteiger partial charge in [0.1, 0.15) is 9.90 Å². The number of halogens is 1. The van der Waals surface area contributed by atoms with Crippen LogP contribution in [0.2, 0.25) is 4.34 Å². The van der Waals surface area contributed by atoms with Gasteiger partial charge < -0.3 is 0 Å². The first-order valence-corrected chi connectivity index (χ1v) is 5.46. The van der Waals surface area contributed by atoms with Crippen LogP contribution in [-0.2, 0) is 0 Å². The monoisotopic (exact) mass is 273 g/mol. The molecule has 0 N–H and O–H groups in total. The van der Waals surface area contributed by atoms with Crippen LogP contribution in [0.25, 0.3) is 10.9 Å². The van der Waals surface area contributed by atoms with Crippen LogP contribution < -0.4 is 0 Å². The van der Waals surface area contributed by atoms with Crippen molar-refractivity contribution in [3.8, 4) is 0 Å². The highest BCUT2D eigenvalue weighted by molar-refractivity contribution is 7.12. The summed E-state index contributed by atoms with van der Waals surface area (Å²) in [4.78, 5) is 20.4. The van der Waals surface area contributed by atoms with Gasteiger partial charge in [0, 0.05) is 11.5 Å². The van der Waals surface area contributed by atoms with Crippen molar-refractivity contribution in [2.45, 2.75) is 6.92 Å². The molecule has 1 aromatic carbocycles. The van der Waals surface area contributed by atoms with Gasteiger partial charge in [-0.2, -0.15) is 4.37 Å². The molecule has 1 heterocycles. The Hall–Kier alpha value is -1.80. The average Bonchev–Trinajstić information content (AvgIpc) is 2.58. The fraction of sp³-hybridized carbons (Fsp3) is 0.125. The molecule has 2 rings (SSSR count). The standard InChI is InChI=1S/C8H4ClN3O4S/c1-3-5(11(13)14)2-4-6(7(3)12(15)16)10-17-8(4)9/h2H,1H3. The van der Waals surface area contributed by atoms with E-state index in [2.05, 4.69) is 4.37 Å². The van der Waals surface area contributed by atoms with Gasteiger partial charge in [-0.3, -0.25) is 20.2 Å². The van der Waals surface area contributed by atoms with Gasteiger partial charge in [0.15, 0.2) is 5.52 Å². The van der Waals surface area contributed by atoms with Crippen molar-refractivity contribution in [2.24, 2.45) is 0 Å². The zero-order valence-corrected chi connectivity index (χ0v) is 9.91. The maximum atomic E-state index is 10.9. The summed E-state index contributed by atoms with van der Waals surface area (Å²) in [5, 5.41) is 22.0. The highest BCUT2D eigenvalue weighted by atomic mass is 35.5. The predicted molar refractivity (Wildman–Crippen MR) is 62.7 cm³/mol. The summed E-state index contributed by atoms with van der Waals surface area (Å²) in [5.41, 5.74) is -0.619. The van der Waals surface area contributed by atoms with Crippen LogP contribution in [0.1, 0.15) is 5.56 Å². The molecule has 0 amide bonds. The Bertz CT molecular complexity index is 654. The molecular weight excluding hydrogens is 270 g/mol. The van der Waals surface area contributed by atoms with Crippen LogP contribution in [0, 0.1) is 27.2 Å². The van der Waals surface area contributed by atoms with E-state index in [0.717, 1.165) is 11.5 Å². The molecule has 0 saturated carbocycles. The van der Waals surface area contributed by atoms with Crippen molar-refractivity contribution < 1.29 is 9.85 Å². The Morgan fingerprint density at radius 1 is 1.35 bits per heavy atom. The van der Waals surface area contributed by atoms with Gasteiger partial charge in [-0.15, -0.1) is 0 Å². The number of aromatic nitrogens is 1. The minimum atomic E-state index is -0.680. The topological polar surface area (TPSA) is 99.2 Å². The van der Waals surface area contributed by atoms with Crippen LogP contribution in [0.4, 0.5) is 11.4 Å². The van der Waals surface area contributed by atoms with Gasteiger partial charge in [0.25, 0.3) is 5.69 Å². The highest BCUT2D eigenvalue weighted by Crippen LogP contribution is 2.39. The van der Waals surface area contributed by atoms with Crippen molar-refractivity contribution in [2.75, 3.05) is 0 Å². The molecule has 0 bridgehead atoms. The van der Waals surface area contributed by atoms with Gasteiger partial charge in [0.2, 0.25) is 0 Å². The van der Waals surface area contributed by atoms with Crippen molar-refractivity contribution >= 4 is 45.4 Å². The predicted octanol–water partition coefficient (Wildman–Crippen LogP) is 3.07.